The number of nitrogen functional groups attached to an aromatic ring is 1. The summed E-state index contributed by atoms with van der Waals surface area (Å²) in [6.45, 7) is 0. The number of aromatic nitrogens is 1. The molecule has 0 saturated carbocycles. The van der Waals surface area contributed by atoms with Crippen LogP contribution in [0.5, 0.6) is 0 Å². The molecule has 0 aromatic carbocycles. The molecule has 0 aliphatic carbocycles. The van der Waals surface area contributed by atoms with Crippen LogP contribution in [-0.2, 0) is 0 Å². The highest BCUT2D eigenvalue weighted by Crippen LogP contribution is 2.22. The number of nitro groups is 1. The van der Waals surface area contributed by atoms with Gasteiger partial charge in [-0.05, 0) is 22.0 Å². The molecule has 1 aromatic rings. The van der Waals surface area contributed by atoms with Gasteiger partial charge in [-0.2, -0.15) is 0 Å². The summed E-state index contributed by atoms with van der Waals surface area (Å²) in [6, 6.07) is 1.54. The van der Waals surface area contributed by atoms with Gasteiger partial charge in [-0.15, -0.1) is 0 Å². The van der Waals surface area contributed by atoms with Gasteiger partial charge in [-0.25, -0.2) is 0 Å². The Morgan fingerprint density at radius 3 is 2.92 bits per heavy atom. The fourth-order valence-corrected chi connectivity index (χ4v) is 0.971. The Labute approximate surface area is 79.0 Å². The van der Waals surface area contributed by atoms with E-state index in [2.05, 4.69) is 4.98 Å². The van der Waals surface area contributed by atoms with Crippen molar-refractivity contribution < 1.29 is 4.92 Å². The summed E-state index contributed by atoms with van der Waals surface area (Å²) in [5.41, 5.74) is 7.19. The van der Waals surface area contributed by atoms with Crippen LogP contribution in [0.1, 0.15) is 5.56 Å². The second-order valence-corrected chi connectivity index (χ2v) is 2.44. The van der Waals surface area contributed by atoms with Gasteiger partial charge in [0.25, 0.3) is 0 Å². The van der Waals surface area contributed by atoms with E-state index in [-0.39, 0.29) is 11.5 Å². The van der Waals surface area contributed by atoms with Crippen molar-refractivity contribution in [2.75, 3.05) is 5.73 Å². The summed E-state index contributed by atoms with van der Waals surface area (Å²) >= 11 is 5.31. The molecule has 6 heteroatoms. The standard InChI is InChI=1S/C7H6ClN3O2/c8-3-1-5-2-4-10-7(6(5)9)11(12)13/h1-4H,9H2/b3-1+. The van der Waals surface area contributed by atoms with Crippen LogP contribution in [0.25, 0.3) is 6.08 Å². The van der Waals surface area contributed by atoms with E-state index < -0.39 is 4.92 Å². The fraction of sp³-hybridized carbons (Fsp3) is 0. The number of rotatable bonds is 2. The van der Waals surface area contributed by atoms with Crippen LogP contribution in [-0.4, -0.2) is 9.91 Å². The van der Waals surface area contributed by atoms with Gasteiger partial charge in [0.05, 0.1) is 0 Å². The average Bonchev–Trinajstić information content (AvgIpc) is 2.08. The molecule has 68 valence electrons. The Morgan fingerprint density at radius 1 is 1.69 bits per heavy atom. The highest BCUT2D eigenvalue weighted by molar-refractivity contribution is 6.27. The zero-order valence-electron chi connectivity index (χ0n) is 6.48. The first-order valence-electron chi connectivity index (χ1n) is 3.32. The molecule has 0 unspecified atom stereocenters. The summed E-state index contributed by atoms with van der Waals surface area (Å²) in [4.78, 5) is 13.3. The first kappa shape index (κ1) is 9.47. The van der Waals surface area contributed by atoms with E-state index in [4.69, 9.17) is 17.3 Å². The Bertz CT molecular complexity index is 365. The van der Waals surface area contributed by atoms with Gasteiger partial charge >= 0.3 is 5.82 Å². The zero-order valence-corrected chi connectivity index (χ0v) is 7.23. The second-order valence-electron chi connectivity index (χ2n) is 2.19. The van der Waals surface area contributed by atoms with Crippen molar-refractivity contribution in [3.63, 3.8) is 0 Å². The third-order valence-electron chi connectivity index (χ3n) is 1.42. The SMILES string of the molecule is Nc1c(/C=C/Cl)ccnc1[N+](=O)[O-]. The van der Waals surface area contributed by atoms with Crippen LogP contribution >= 0.6 is 11.6 Å². The lowest BCUT2D eigenvalue weighted by molar-refractivity contribution is -0.388. The van der Waals surface area contributed by atoms with Crippen LogP contribution in [0.15, 0.2) is 17.8 Å². The Morgan fingerprint density at radius 2 is 2.38 bits per heavy atom. The Balaban J connectivity index is 3.26. The molecule has 0 aliphatic heterocycles. The van der Waals surface area contributed by atoms with Crippen molar-refractivity contribution in [3.8, 4) is 0 Å². The van der Waals surface area contributed by atoms with E-state index in [1.165, 1.54) is 17.8 Å². The molecule has 0 aliphatic rings. The summed E-state index contributed by atoms with van der Waals surface area (Å²) < 4.78 is 0. The van der Waals surface area contributed by atoms with Crippen LogP contribution in [0.3, 0.4) is 0 Å². The number of pyridine rings is 1. The highest BCUT2D eigenvalue weighted by Gasteiger charge is 2.14. The average molecular weight is 200 g/mol. The van der Waals surface area contributed by atoms with E-state index in [0.717, 1.165) is 0 Å². The van der Waals surface area contributed by atoms with Crippen LogP contribution in [0.4, 0.5) is 11.5 Å². The van der Waals surface area contributed by atoms with Gasteiger partial charge in [0.15, 0.2) is 0 Å². The second kappa shape index (κ2) is 3.86. The lowest BCUT2D eigenvalue weighted by Crippen LogP contribution is -1.99. The van der Waals surface area contributed by atoms with E-state index in [1.54, 1.807) is 6.07 Å². The number of halogens is 1. The molecule has 1 heterocycles. The van der Waals surface area contributed by atoms with Crippen molar-refractivity contribution in [1.29, 1.82) is 0 Å². The van der Waals surface area contributed by atoms with Crippen molar-refractivity contribution in [2.24, 2.45) is 0 Å². The van der Waals surface area contributed by atoms with Gasteiger partial charge < -0.3 is 15.8 Å². The molecule has 5 nitrogen and oxygen atoms in total. The lowest BCUT2D eigenvalue weighted by atomic mass is 10.2. The van der Waals surface area contributed by atoms with Crippen molar-refractivity contribution in [2.45, 2.75) is 0 Å². The minimum absolute atomic E-state index is 0.0180. The molecule has 13 heavy (non-hydrogen) atoms. The number of hydrogen-bond acceptors (Lipinski definition) is 4. The predicted molar refractivity (Wildman–Crippen MR) is 50.2 cm³/mol. The molecule has 0 saturated heterocycles. The molecular weight excluding hydrogens is 194 g/mol. The van der Waals surface area contributed by atoms with E-state index in [9.17, 15) is 10.1 Å². The summed E-state index contributed by atoms with van der Waals surface area (Å²) in [6.07, 6.45) is 2.77. The highest BCUT2D eigenvalue weighted by atomic mass is 35.5. The smallest absolute Gasteiger partial charge is 0.387 e. The minimum atomic E-state index is -0.638. The number of nitrogens with two attached hydrogens (primary N) is 1. The predicted octanol–water partition coefficient (Wildman–Crippen LogP) is 1.78. The minimum Gasteiger partial charge on any atom is -0.391 e. The number of anilines is 1. The van der Waals surface area contributed by atoms with Gasteiger partial charge in [-0.1, -0.05) is 11.6 Å². The number of nitrogens with zero attached hydrogens (tertiary/aromatic N) is 2. The van der Waals surface area contributed by atoms with E-state index in [1.807, 2.05) is 0 Å². The molecular formula is C7H6ClN3O2. The molecule has 0 bridgehead atoms. The topological polar surface area (TPSA) is 82.0 Å². The van der Waals surface area contributed by atoms with Crippen LogP contribution in [0.2, 0.25) is 0 Å². The molecule has 0 atom stereocenters. The van der Waals surface area contributed by atoms with E-state index >= 15 is 0 Å². The molecule has 0 fully saturated rings. The van der Waals surface area contributed by atoms with Gasteiger partial charge in [0, 0.05) is 11.1 Å². The molecule has 1 rings (SSSR count). The van der Waals surface area contributed by atoms with Crippen molar-refractivity contribution >= 4 is 29.2 Å². The maximum Gasteiger partial charge on any atom is 0.387 e. The molecule has 0 radical (unpaired) electrons. The van der Waals surface area contributed by atoms with Gasteiger partial charge in [0.1, 0.15) is 11.9 Å². The van der Waals surface area contributed by atoms with E-state index in [0.29, 0.717) is 5.56 Å². The van der Waals surface area contributed by atoms with Gasteiger partial charge in [0.2, 0.25) is 0 Å². The Kier molecular flexibility index (Phi) is 2.81. The first-order valence-corrected chi connectivity index (χ1v) is 3.76. The monoisotopic (exact) mass is 199 g/mol. The summed E-state index contributed by atoms with van der Waals surface area (Å²) in [5.74, 6) is -0.354. The molecule has 2 N–H and O–H groups in total. The zero-order chi connectivity index (χ0) is 9.84. The third kappa shape index (κ3) is 1.94. The quantitative estimate of drug-likeness (QED) is 0.581. The number of hydrogen-bond donors (Lipinski definition) is 1. The van der Waals surface area contributed by atoms with Crippen molar-refractivity contribution in [1.82, 2.24) is 4.98 Å². The molecule has 0 spiro atoms. The Hall–Kier alpha value is -1.62. The summed E-state index contributed by atoms with van der Waals surface area (Å²) in [7, 11) is 0. The molecule has 0 amide bonds. The normalized spacial score (nSPS) is 10.5. The largest absolute Gasteiger partial charge is 0.391 e. The maximum atomic E-state index is 10.4. The first-order chi connectivity index (χ1) is 6.16. The lowest BCUT2D eigenvalue weighted by Gasteiger charge is -1.98. The van der Waals surface area contributed by atoms with Crippen LogP contribution in [0, 0.1) is 10.1 Å². The summed E-state index contributed by atoms with van der Waals surface area (Å²) in [5, 5.41) is 10.4. The third-order valence-corrected chi connectivity index (χ3v) is 1.54. The van der Waals surface area contributed by atoms with Gasteiger partial charge in [-0.3, -0.25) is 0 Å². The molecule has 1 aromatic heterocycles. The fourth-order valence-electron chi connectivity index (χ4n) is 0.835. The van der Waals surface area contributed by atoms with Crippen molar-refractivity contribution in [3.05, 3.63) is 33.5 Å². The van der Waals surface area contributed by atoms with Crippen LogP contribution < -0.4 is 5.73 Å². The maximum absolute atomic E-state index is 10.4.